The van der Waals surface area contributed by atoms with Gasteiger partial charge in [-0.2, -0.15) is 0 Å². The van der Waals surface area contributed by atoms with Crippen LogP contribution in [0, 0.1) is 0 Å². The van der Waals surface area contributed by atoms with Gasteiger partial charge in [0.05, 0.1) is 0 Å². The number of hydrogen-bond acceptors (Lipinski definition) is 0. The fourth-order valence-electron chi connectivity index (χ4n) is 0.774. The summed E-state index contributed by atoms with van der Waals surface area (Å²) in [5.41, 5.74) is 0. The molecule has 0 fully saturated rings. The van der Waals surface area contributed by atoms with Crippen LogP contribution in [0.3, 0.4) is 0 Å². The molecule has 0 aliphatic heterocycles. The Hall–Kier alpha value is -0.780. The van der Waals surface area contributed by atoms with Crippen LogP contribution in [0.5, 0.6) is 0 Å². The molecule has 0 heteroatoms. The SMILES string of the molecule is C/C=C/C.C/C=C/CC.C=CCCCCC.CC.CC. The summed E-state index contributed by atoms with van der Waals surface area (Å²) in [5.74, 6) is 0. The van der Waals surface area contributed by atoms with Crippen LogP contribution in [0.15, 0.2) is 37.0 Å². The molecule has 0 saturated carbocycles. The van der Waals surface area contributed by atoms with Crippen LogP contribution >= 0.6 is 0 Å². The number of allylic oxidation sites excluding steroid dienone is 5. The van der Waals surface area contributed by atoms with Crippen molar-refractivity contribution < 1.29 is 0 Å². The lowest BCUT2D eigenvalue weighted by molar-refractivity contribution is 0.730. The minimum atomic E-state index is 1.16. The van der Waals surface area contributed by atoms with Gasteiger partial charge >= 0.3 is 0 Å². The monoisotopic (exact) mass is 284 g/mol. The van der Waals surface area contributed by atoms with E-state index in [0.29, 0.717) is 0 Å². The van der Waals surface area contributed by atoms with Crippen molar-refractivity contribution in [1.29, 1.82) is 0 Å². The third kappa shape index (κ3) is 117. The molecule has 0 atom stereocenters. The van der Waals surface area contributed by atoms with Crippen molar-refractivity contribution in [2.24, 2.45) is 0 Å². The largest absolute Gasteiger partial charge is 0.103 e. The molecule has 0 aromatic rings. The summed E-state index contributed by atoms with van der Waals surface area (Å²) in [6.07, 6.45) is 16.5. The fourth-order valence-corrected chi connectivity index (χ4v) is 0.774. The van der Waals surface area contributed by atoms with E-state index in [9.17, 15) is 0 Å². The predicted octanol–water partition coefficient (Wildman–Crippen LogP) is 8.36. The molecule has 0 unspecified atom stereocenters. The van der Waals surface area contributed by atoms with Gasteiger partial charge in [0.25, 0.3) is 0 Å². The first-order valence-electron chi connectivity index (χ1n) is 8.54. The quantitative estimate of drug-likeness (QED) is 0.351. The van der Waals surface area contributed by atoms with E-state index in [1.165, 1.54) is 25.7 Å². The Bertz CT molecular complexity index is 136. The highest BCUT2D eigenvalue weighted by Gasteiger charge is 1.77. The van der Waals surface area contributed by atoms with Crippen LogP contribution in [-0.4, -0.2) is 0 Å². The van der Waals surface area contributed by atoms with E-state index in [-0.39, 0.29) is 0 Å². The van der Waals surface area contributed by atoms with E-state index in [2.05, 4.69) is 32.6 Å². The molecule has 0 N–H and O–H groups in total. The Balaban J connectivity index is -0.0000000513. The summed E-state index contributed by atoms with van der Waals surface area (Å²) in [6.45, 7) is 22.0. The molecule has 0 bridgehead atoms. The van der Waals surface area contributed by atoms with E-state index in [4.69, 9.17) is 0 Å². The van der Waals surface area contributed by atoms with Gasteiger partial charge in [-0.15, -0.1) is 6.58 Å². The topological polar surface area (TPSA) is 0 Å². The second-order valence-electron chi connectivity index (χ2n) is 3.43. The van der Waals surface area contributed by atoms with Crippen LogP contribution in [0.2, 0.25) is 0 Å². The van der Waals surface area contributed by atoms with E-state index in [0.717, 1.165) is 6.42 Å². The van der Waals surface area contributed by atoms with Crippen LogP contribution in [0.25, 0.3) is 0 Å². The van der Waals surface area contributed by atoms with Crippen LogP contribution in [0.1, 0.15) is 94.4 Å². The van der Waals surface area contributed by atoms with Gasteiger partial charge in [-0.1, -0.05) is 84.8 Å². The van der Waals surface area contributed by atoms with Gasteiger partial charge in [0.15, 0.2) is 0 Å². The third-order valence-corrected chi connectivity index (χ3v) is 1.82. The minimum Gasteiger partial charge on any atom is -0.103 e. The zero-order chi connectivity index (χ0) is 17.1. The van der Waals surface area contributed by atoms with Crippen molar-refractivity contribution in [2.45, 2.75) is 94.4 Å². The van der Waals surface area contributed by atoms with Crippen LogP contribution < -0.4 is 0 Å². The summed E-state index contributed by atoms with van der Waals surface area (Å²) in [5, 5.41) is 0. The molecule has 0 amide bonds. The summed E-state index contributed by atoms with van der Waals surface area (Å²) >= 11 is 0. The highest BCUT2D eigenvalue weighted by Crippen LogP contribution is 1.97. The second kappa shape index (κ2) is 63.6. The first kappa shape index (κ1) is 31.6. The van der Waals surface area contributed by atoms with Gasteiger partial charge in [-0.05, 0) is 40.0 Å². The molecule has 0 saturated heterocycles. The van der Waals surface area contributed by atoms with Crippen LogP contribution in [0.4, 0.5) is 0 Å². The molecule has 20 heavy (non-hydrogen) atoms. The number of unbranched alkanes of at least 4 members (excludes halogenated alkanes) is 3. The Morgan fingerprint density at radius 1 is 0.750 bits per heavy atom. The molecular formula is C20H44. The normalized spacial score (nSPS) is 8.05. The highest BCUT2D eigenvalue weighted by atomic mass is 13.8. The lowest BCUT2D eigenvalue weighted by Crippen LogP contribution is -1.67. The number of rotatable bonds is 5. The summed E-state index contributed by atoms with van der Waals surface area (Å²) in [4.78, 5) is 0. The number of hydrogen-bond donors (Lipinski definition) is 0. The third-order valence-electron chi connectivity index (χ3n) is 1.82. The van der Waals surface area contributed by atoms with E-state index < -0.39 is 0 Å². The maximum atomic E-state index is 3.63. The van der Waals surface area contributed by atoms with Crippen molar-refractivity contribution in [3.05, 3.63) is 37.0 Å². The minimum absolute atomic E-state index is 1.16. The molecule has 0 radical (unpaired) electrons. The van der Waals surface area contributed by atoms with Crippen molar-refractivity contribution in [1.82, 2.24) is 0 Å². The standard InChI is InChI=1S/C7H14.C5H10.C4H8.2C2H6/c1-3-5-7-6-4-2;1-3-5-4-2;1-3-4-2;2*1-2/h3H,1,4-7H2,2H3;3,5H,4H2,1-2H3;3-4H,1-2H3;2*1-2H3/b;5-3+;4-3+;;. The van der Waals surface area contributed by atoms with Crippen molar-refractivity contribution >= 4 is 0 Å². The van der Waals surface area contributed by atoms with E-state index >= 15 is 0 Å². The van der Waals surface area contributed by atoms with Crippen LogP contribution in [-0.2, 0) is 0 Å². The first-order chi connectivity index (χ1) is 9.74. The average molecular weight is 285 g/mol. The van der Waals surface area contributed by atoms with E-state index in [1.807, 2.05) is 66.7 Å². The van der Waals surface area contributed by atoms with Gasteiger partial charge in [-0.25, -0.2) is 0 Å². The van der Waals surface area contributed by atoms with Crippen molar-refractivity contribution in [3.8, 4) is 0 Å². The van der Waals surface area contributed by atoms with Gasteiger partial charge in [-0.3, -0.25) is 0 Å². The maximum Gasteiger partial charge on any atom is -0.0353 e. The molecule has 0 spiro atoms. The molecule has 0 aromatic heterocycles. The van der Waals surface area contributed by atoms with Gasteiger partial charge in [0, 0.05) is 0 Å². The second-order valence-corrected chi connectivity index (χ2v) is 3.43. The molecule has 124 valence electrons. The molecule has 0 rings (SSSR count). The Kier molecular flexibility index (Phi) is 100. The maximum absolute atomic E-state index is 3.63. The van der Waals surface area contributed by atoms with Gasteiger partial charge in [0.2, 0.25) is 0 Å². The molecule has 0 heterocycles. The van der Waals surface area contributed by atoms with Gasteiger partial charge in [0.1, 0.15) is 0 Å². The summed E-state index contributed by atoms with van der Waals surface area (Å²) < 4.78 is 0. The lowest BCUT2D eigenvalue weighted by Gasteiger charge is -1.87. The molecule has 0 aliphatic rings. The molecular weight excluding hydrogens is 240 g/mol. The predicted molar refractivity (Wildman–Crippen MR) is 103 cm³/mol. The van der Waals surface area contributed by atoms with Crippen molar-refractivity contribution in [3.63, 3.8) is 0 Å². The van der Waals surface area contributed by atoms with Crippen molar-refractivity contribution in [2.75, 3.05) is 0 Å². The smallest absolute Gasteiger partial charge is 0.0353 e. The molecule has 0 aromatic carbocycles. The fraction of sp³-hybridized carbons (Fsp3) is 0.700. The Morgan fingerprint density at radius 2 is 1.20 bits per heavy atom. The first-order valence-corrected chi connectivity index (χ1v) is 8.54. The molecule has 0 aliphatic carbocycles. The lowest BCUT2D eigenvalue weighted by atomic mass is 10.2. The summed E-state index contributed by atoms with van der Waals surface area (Å²) in [6, 6.07) is 0. The summed E-state index contributed by atoms with van der Waals surface area (Å²) in [7, 11) is 0. The average Bonchev–Trinajstić information content (AvgIpc) is 2.53. The zero-order valence-corrected chi connectivity index (χ0v) is 16.1. The van der Waals surface area contributed by atoms with E-state index in [1.54, 1.807) is 0 Å². The molecule has 0 nitrogen and oxygen atoms in total. The zero-order valence-electron chi connectivity index (χ0n) is 16.1. The Labute approximate surface area is 132 Å². The Morgan fingerprint density at radius 3 is 1.35 bits per heavy atom. The van der Waals surface area contributed by atoms with Gasteiger partial charge < -0.3 is 0 Å². The highest BCUT2D eigenvalue weighted by molar-refractivity contribution is 4.73.